The summed E-state index contributed by atoms with van der Waals surface area (Å²) in [5.41, 5.74) is 16.8. The first kappa shape index (κ1) is 47.0. The van der Waals surface area contributed by atoms with Gasteiger partial charge in [-0.25, -0.2) is 0 Å². The highest BCUT2D eigenvalue weighted by atomic mass is 15.3. The van der Waals surface area contributed by atoms with Crippen molar-refractivity contribution in [3.8, 4) is 44.5 Å². The van der Waals surface area contributed by atoms with Gasteiger partial charge in [0.1, 0.15) is 6.17 Å². The molecule has 14 aromatic rings. The molecule has 0 amide bonds. The maximum atomic E-state index is 4.41. The average Bonchev–Trinajstić information content (AvgIpc) is 4.08. The molecule has 1 atom stereocenters. The summed E-state index contributed by atoms with van der Waals surface area (Å²) >= 11 is 0. The molecule has 0 spiro atoms. The van der Waals surface area contributed by atoms with E-state index in [1.165, 1.54) is 132 Å². The lowest BCUT2D eigenvalue weighted by Gasteiger charge is -2.27. The van der Waals surface area contributed by atoms with Crippen LogP contribution in [0, 0.1) is 0 Å². The molecule has 0 bridgehead atoms. The zero-order valence-corrected chi connectivity index (χ0v) is 44.4. The number of nitrogens with one attached hydrogen (secondary N) is 1. The lowest BCUT2D eigenvalue weighted by Crippen LogP contribution is -2.23. The Bertz CT molecular complexity index is 4900. The molecular formula is C78H54N2. The molecule has 2 nitrogen and oxygen atoms in total. The van der Waals surface area contributed by atoms with Gasteiger partial charge in [-0.1, -0.05) is 237 Å². The fraction of sp³-hybridized carbons (Fsp3) is 0.0256. The van der Waals surface area contributed by atoms with E-state index in [4.69, 9.17) is 0 Å². The van der Waals surface area contributed by atoms with Gasteiger partial charge in [-0.2, -0.15) is 0 Å². The molecule has 0 aromatic heterocycles. The molecule has 1 heterocycles. The molecule has 14 aromatic carbocycles. The Hall–Kier alpha value is -10.3. The summed E-state index contributed by atoms with van der Waals surface area (Å²) in [5, 5.41) is 20.7. The summed E-state index contributed by atoms with van der Waals surface area (Å²) in [7, 11) is 0. The molecule has 15 rings (SSSR count). The molecular weight excluding hydrogens is 965 g/mol. The molecule has 0 radical (unpaired) electrons. The Morgan fingerprint density at radius 3 is 1.51 bits per heavy atom. The van der Waals surface area contributed by atoms with Gasteiger partial charge in [0.15, 0.2) is 0 Å². The van der Waals surface area contributed by atoms with Crippen molar-refractivity contribution in [1.82, 2.24) is 0 Å². The van der Waals surface area contributed by atoms with E-state index in [-0.39, 0.29) is 6.17 Å². The molecule has 2 heteroatoms. The van der Waals surface area contributed by atoms with E-state index in [2.05, 4.69) is 309 Å². The van der Waals surface area contributed by atoms with Gasteiger partial charge >= 0.3 is 0 Å². The Kier molecular flexibility index (Phi) is 11.3. The monoisotopic (exact) mass is 1020 g/mol. The Morgan fingerprint density at radius 1 is 0.388 bits per heavy atom. The van der Waals surface area contributed by atoms with Crippen LogP contribution in [-0.2, 0) is 0 Å². The molecule has 1 N–H and O–H groups in total. The second-order valence-corrected chi connectivity index (χ2v) is 21.2. The first-order valence-corrected chi connectivity index (χ1v) is 27.7. The molecule has 1 aliphatic heterocycles. The van der Waals surface area contributed by atoms with Crippen LogP contribution in [0.4, 0.5) is 17.1 Å². The molecule has 1 unspecified atom stereocenters. The van der Waals surface area contributed by atoms with Gasteiger partial charge in [0.05, 0.1) is 11.4 Å². The Labute approximate surface area is 465 Å². The van der Waals surface area contributed by atoms with Crippen molar-refractivity contribution in [2.24, 2.45) is 0 Å². The average molecular weight is 1020 g/mol. The lowest BCUT2D eigenvalue weighted by atomic mass is 9.84. The molecule has 1 aliphatic rings. The van der Waals surface area contributed by atoms with E-state index >= 15 is 0 Å². The highest BCUT2D eigenvalue weighted by Crippen LogP contribution is 2.49. The van der Waals surface area contributed by atoms with Gasteiger partial charge in [-0.3, -0.25) is 0 Å². The predicted molar refractivity (Wildman–Crippen MR) is 344 cm³/mol. The van der Waals surface area contributed by atoms with Crippen LogP contribution >= 0.6 is 0 Å². The van der Waals surface area contributed by atoms with Crippen LogP contribution in [0.2, 0.25) is 0 Å². The number of hydrogen-bond acceptors (Lipinski definition) is 2. The quantitative estimate of drug-likeness (QED) is 0.153. The van der Waals surface area contributed by atoms with Crippen molar-refractivity contribution in [2.75, 3.05) is 10.2 Å². The fourth-order valence-electron chi connectivity index (χ4n) is 12.9. The van der Waals surface area contributed by atoms with E-state index in [0.29, 0.717) is 0 Å². The van der Waals surface area contributed by atoms with Crippen molar-refractivity contribution in [3.05, 3.63) is 301 Å². The van der Waals surface area contributed by atoms with Crippen molar-refractivity contribution in [1.29, 1.82) is 0 Å². The predicted octanol–water partition coefficient (Wildman–Crippen LogP) is 19.8. The van der Waals surface area contributed by atoms with Crippen molar-refractivity contribution >= 4 is 99.9 Å². The third-order valence-electron chi connectivity index (χ3n) is 16.7. The zero-order valence-electron chi connectivity index (χ0n) is 44.4. The maximum absolute atomic E-state index is 4.41. The van der Waals surface area contributed by atoms with Crippen LogP contribution < -0.4 is 20.7 Å². The Balaban J connectivity index is 0.838. The second kappa shape index (κ2) is 19.3. The van der Waals surface area contributed by atoms with Crippen LogP contribution in [-0.4, -0.2) is 0 Å². The second-order valence-electron chi connectivity index (χ2n) is 21.2. The van der Waals surface area contributed by atoms with E-state index in [9.17, 15) is 0 Å². The number of anilines is 3. The third-order valence-corrected chi connectivity index (χ3v) is 16.7. The summed E-state index contributed by atoms with van der Waals surface area (Å²) < 4.78 is 0. The van der Waals surface area contributed by atoms with Crippen molar-refractivity contribution in [2.45, 2.75) is 13.1 Å². The van der Waals surface area contributed by atoms with Gasteiger partial charge in [0.2, 0.25) is 0 Å². The van der Waals surface area contributed by atoms with Crippen LogP contribution in [0.25, 0.3) is 127 Å². The highest BCUT2D eigenvalue weighted by molar-refractivity contribution is 6.23. The first-order valence-electron chi connectivity index (χ1n) is 27.7. The van der Waals surface area contributed by atoms with Gasteiger partial charge in [-0.15, -0.1) is 0 Å². The largest absolute Gasteiger partial charge is 0.359 e. The lowest BCUT2D eigenvalue weighted by molar-refractivity contribution is 0.828. The number of nitrogens with zero attached hydrogens (tertiary/aromatic N) is 1. The molecule has 0 saturated carbocycles. The summed E-state index contributed by atoms with van der Waals surface area (Å²) in [6.07, 6.45) is 4.53. The van der Waals surface area contributed by atoms with Gasteiger partial charge in [0.25, 0.3) is 0 Å². The Morgan fingerprint density at radius 2 is 0.850 bits per heavy atom. The van der Waals surface area contributed by atoms with E-state index in [1.807, 2.05) is 0 Å². The number of allylic oxidation sites excluding steroid dienone is 2. The topological polar surface area (TPSA) is 15.3 Å². The molecule has 0 saturated heterocycles. The van der Waals surface area contributed by atoms with Crippen molar-refractivity contribution < 1.29 is 0 Å². The molecule has 376 valence electrons. The van der Waals surface area contributed by atoms with Crippen molar-refractivity contribution in [3.63, 3.8) is 0 Å². The minimum absolute atomic E-state index is 0.0392. The minimum atomic E-state index is -0.0392. The fourth-order valence-corrected chi connectivity index (χ4v) is 12.9. The number of benzene rings is 14. The van der Waals surface area contributed by atoms with E-state index < -0.39 is 0 Å². The number of rotatable bonds is 8. The zero-order chi connectivity index (χ0) is 53.3. The van der Waals surface area contributed by atoms with Crippen LogP contribution in [0.15, 0.2) is 279 Å². The normalized spacial score (nSPS) is 13.7. The highest BCUT2D eigenvalue weighted by Gasteiger charge is 2.31. The van der Waals surface area contributed by atoms with Gasteiger partial charge < -0.3 is 10.2 Å². The number of hydrogen-bond donors (Lipinski definition) is 1. The third kappa shape index (κ3) is 7.87. The van der Waals surface area contributed by atoms with E-state index in [0.717, 1.165) is 21.8 Å². The number of fused-ring (bicyclic) bond motifs is 7. The van der Waals surface area contributed by atoms with Gasteiger partial charge in [-0.05, 0) is 198 Å². The van der Waals surface area contributed by atoms with E-state index in [1.54, 1.807) is 0 Å². The summed E-state index contributed by atoms with van der Waals surface area (Å²) in [6, 6.07) is 101. The number of para-hydroxylation sites is 3. The summed E-state index contributed by atoms with van der Waals surface area (Å²) in [6.45, 7) is 6.57. The first-order chi connectivity index (χ1) is 39.5. The molecule has 80 heavy (non-hydrogen) atoms. The minimum Gasteiger partial charge on any atom is -0.359 e. The van der Waals surface area contributed by atoms with Crippen LogP contribution in [0.5, 0.6) is 0 Å². The smallest absolute Gasteiger partial charge is 0.130 e. The SMILES string of the molecule is C=c1cccc/c1=C/C(=C\C)c1c2ccccc2c(-c2ccc3ccccc3c2)c2ccc(-c3ccc4cc(-c5c6ccccc6c(-c6ccc(C7Nc8ccccc8N7c7ccccc7)cc6)c6ccccc56)ccc4c3)cc12. The standard InChI is InChI=1S/C78H54N2/c1-3-51(45-55-21-8-7-19-50(55)2)74-64-25-11-14-28-67(64)77(61-41-33-52-20-9-10-22-56(52)47-61)70-44-43-60(49-71(70)74)58-38-39-59-48-62(42-40-57(59)46-58)76-68-29-15-12-26-65(68)75(66-27-13-16-30-69(66)76)53-34-36-54(37-35-53)78-79-72-31-17-18-32-73(72)80(78)63-23-5-4-6-24-63/h3-49,78-79H,2H2,1H3/b51-3+,55-45-. The maximum Gasteiger partial charge on any atom is 0.130 e. The summed E-state index contributed by atoms with van der Waals surface area (Å²) in [5.74, 6) is 0. The molecule has 0 aliphatic carbocycles. The summed E-state index contributed by atoms with van der Waals surface area (Å²) in [4.78, 5) is 2.41. The van der Waals surface area contributed by atoms with Crippen LogP contribution in [0.3, 0.4) is 0 Å². The molecule has 0 fully saturated rings. The van der Waals surface area contributed by atoms with Gasteiger partial charge in [0, 0.05) is 5.69 Å². The van der Waals surface area contributed by atoms with Crippen LogP contribution in [0.1, 0.15) is 24.2 Å².